The summed E-state index contributed by atoms with van der Waals surface area (Å²) in [5.41, 5.74) is 3.28. The number of hydrogen-bond acceptors (Lipinski definition) is 3. The molecule has 0 heterocycles. The minimum Gasteiger partial charge on any atom is -0.508 e. The highest BCUT2D eigenvalue weighted by Gasteiger charge is 2.10. The van der Waals surface area contributed by atoms with Crippen molar-refractivity contribution in [2.24, 2.45) is 0 Å². The van der Waals surface area contributed by atoms with E-state index in [1.165, 1.54) is 5.56 Å². The van der Waals surface area contributed by atoms with Gasteiger partial charge >= 0.3 is 0 Å². The summed E-state index contributed by atoms with van der Waals surface area (Å²) >= 11 is 0. The second-order valence-corrected chi connectivity index (χ2v) is 5.30. The average Bonchev–Trinajstić information content (AvgIpc) is 2.50. The van der Waals surface area contributed by atoms with Gasteiger partial charge in [0.2, 0.25) is 0 Å². The molecule has 112 valence electrons. The molecule has 0 aromatic heterocycles. The number of para-hydroxylation sites is 1. The van der Waals surface area contributed by atoms with E-state index in [1.54, 1.807) is 13.2 Å². The number of phenols is 1. The van der Waals surface area contributed by atoms with Gasteiger partial charge in [0.05, 0.1) is 7.11 Å². The first-order chi connectivity index (χ1) is 10.1. The lowest BCUT2D eigenvalue weighted by molar-refractivity contribution is 0.408. The molecule has 0 bridgehead atoms. The summed E-state index contributed by atoms with van der Waals surface area (Å²) in [6.07, 6.45) is 0.890. The molecular weight excluding hydrogens is 262 g/mol. The summed E-state index contributed by atoms with van der Waals surface area (Å²) in [6.45, 7) is 4.93. The van der Waals surface area contributed by atoms with Crippen LogP contribution in [0.1, 0.15) is 29.7 Å². The number of phenolic OH excluding ortho intramolecular Hbond substituents is 1. The molecule has 3 heteroatoms. The van der Waals surface area contributed by atoms with Gasteiger partial charge in [0.25, 0.3) is 0 Å². The monoisotopic (exact) mass is 285 g/mol. The van der Waals surface area contributed by atoms with E-state index < -0.39 is 0 Å². The molecule has 0 amide bonds. The van der Waals surface area contributed by atoms with E-state index in [0.29, 0.717) is 5.75 Å². The molecule has 0 aliphatic heterocycles. The van der Waals surface area contributed by atoms with Crippen molar-refractivity contribution < 1.29 is 9.84 Å². The fourth-order valence-electron chi connectivity index (χ4n) is 2.46. The normalized spacial score (nSPS) is 12.1. The van der Waals surface area contributed by atoms with Crippen molar-refractivity contribution in [2.75, 3.05) is 13.7 Å². The van der Waals surface area contributed by atoms with Crippen LogP contribution in [0.4, 0.5) is 0 Å². The molecule has 0 saturated heterocycles. The van der Waals surface area contributed by atoms with Crippen LogP contribution in [0.5, 0.6) is 11.5 Å². The maximum atomic E-state index is 9.94. The van der Waals surface area contributed by atoms with Crippen molar-refractivity contribution in [1.29, 1.82) is 0 Å². The standard InChI is InChI=1S/C18H23NO2/c1-13-8-9-17(20)16(12-13)14(2)19-11-10-15-6-4-5-7-18(15)21-3/h4-9,12,14,19-20H,10-11H2,1-3H3. The molecule has 1 unspecified atom stereocenters. The van der Waals surface area contributed by atoms with Crippen LogP contribution in [0.15, 0.2) is 42.5 Å². The van der Waals surface area contributed by atoms with Crippen LogP contribution in [0.2, 0.25) is 0 Å². The second kappa shape index (κ2) is 7.14. The Hall–Kier alpha value is -2.00. The van der Waals surface area contributed by atoms with Crippen molar-refractivity contribution in [2.45, 2.75) is 26.3 Å². The molecule has 2 N–H and O–H groups in total. The van der Waals surface area contributed by atoms with Gasteiger partial charge in [-0.2, -0.15) is 0 Å². The molecule has 2 rings (SSSR count). The number of nitrogens with one attached hydrogen (secondary N) is 1. The van der Waals surface area contributed by atoms with Crippen molar-refractivity contribution >= 4 is 0 Å². The van der Waals surface area contributed by atoms with Gasteiger partial charge in [0.1, 0.15) is 11.5 Å². The smallest absolute Gasteiger partial charge is 0.122 e. The number of benzene rings is 2. The Kier molecular flexibility index (Phi) is 5.23. The van der Waals surface area contributed by atoms with E-state index >= 15 is 0 Å². The first kappa shape index (κ1) is 15.4. The highest BCUT2D eigenvalue weighted by molar-refractivity contribution is 5.38. The van der Waals surface area contributed by atoms with E-state index in [1.807, 2.05) is 37.3 Å². The molecule has 1 atom stereocenters. The third-order valence-corrected chi connectivity index (χ3v) is 3.69. The van der Waals surface area contributed by atoms with Crippen LogP contribution in [0.3, 0.4) is 0 Å². The molecule has 0 radical (unpaired) electrons. The van der Waals surface area contributed by atoms with E-state index in [4.69, 9.17) is 4.74 Å². The fourth-order valence-corrected chi connectivity index (χ4v) is 2.46. The molecule has 0 saturated carbocycles. The minimum atomic E-state index is 0.111. The zero-order valence-electron chi connectivity index (χ0n) is 12.9. The molecule has 21 heavy (non-hydrogen) atoms. The van der Waals surface area contributed by atoms with Gasteiger partial charge in [-0.3, -0.25) is 0 Å². The minimum absolute atomic E-state index is 0.111. The van der Waals surface area contributed by atoms with Crippen LogP contribution in [-0.2, 0) is 6.42 Å². The molecule has 3 nitrogen and oxygen atoms in total. The molecule has 0 aliphatic rings. The molecule has 0 fully saturated rings. The summed E-state index contributed by atoms with van der Waals surface area (Å²) in [5.74, 6) is 1.27. The average molecular weight is 285 g/mol. The highest BCUT2D eigenvalue weighted by atomic mass is 16.5. The summed E-state index contributed by atoms with van der Waals surface area (Å²) in [6, 6.07) is 13.9. The number of methoxy groups -OCH3 is 1. The fraction of sp³-hybridized carbons (Fsp3) is 0.333. The lowest BCUT2D eigenvalue weighted by Crippen LogP contribution is -2.21. The third-order valence-electron chi connectivity index (χ3n) is 3.69. The Labute approximate surface area is 126 Å². The molecule has 0 spiro atoms. The SMILES string of the molecule is COc1ccccc1CCNC(C)c1cc(C)ccc1O. The number of rotatable bonds is 6. The zero-order valence-corrected chi connectivity index (χ0v) is 12.9. The Bertz CT molecular complexity index is 596. The Morgan fingerprint density at radius 1 is 1.19 bits per heavy atom. The summed E-state index contributed by atoms with van der Waals surface area (Å²) in [7, 11) is 1.69. The highest BCUT2D eigenvalue weighted by Crippen LogP contribution is 2.25. The zero-order chi connectivity index (χ0) is 15.2. The maximum absolute atomic E-state index is 9.94. The quantitative estimate of drug-likeness (QED) is 0.852. The van der Waals surface area contributed by atoms with Crippen LogP contribution < -0.4 is 10.1 Å². The van der Waals surface area contributed by atoms with E-state index in [-0.39, 0.29) is 6.04 Å². The van der Waals surface area contributed by atoms with Crippen LogP contribution in [0, 0.1) is 6.92 Å². The van der Waals surface area contributed by atoms with E-state index in [0.717, 1.165) is 29.8 Å². The predicted octanol–water partition coefficient (Wildman–Crippen LogP) is 3.60. The van der Waals surface area contributed by atoms with E-state index in [2.05, 4.69) is 18.3 Å². The second-order valence-electron chi connectivity index (χ2n) is 5.30. The number of aromatic hydroxyl groups is 1. The van der Waals surface area contributed by atoms with Crippen molar-refractivity contribution in [3.05, 3.63) is 59.2 Å². The van der Waals surface area contributed by atoms with E-state index in [9.17, 15) is 5.11 Å². The Morgan fingerprint density at radius 3 is 2.71 bits per heavy atom. The first-order valence-corrected chi connectivity index (χ1v) is 7.26. The van der Waals surface area contributed by atoms with Gasteiger partial charge in [-0.15, -0.1) is 0 Å². The number of hydrogen-bond donors (Lipinski definition) is 2. The van der Waals surface area contributed by atoms with Gasteiger partial charge in [0.15, 0.2) is 0 Å². The number of ether oxygens (including phenoxy) is 1. The van der Waals surface area contributed by atoms with Crippen LogP contribution >= 0.6 is 0 Å². The Balaban J connectivity index is 1.95. The predicted molar refractivity (Wildman–Crippen MR) is 86.0 cm³/mol. The lowest BCUT2D eigenvalue weighted by Gasteiger charge is -2.17. The number of aryl methyl sites for hydroxylation is 1. The van der Waals surface area contributed by atoms with Gasteiger partial charge in [0, 0.05) is 11.6 Å². The summed E-state index contributed by atoms with van der Waals surface area (Å²) in [5, 5.41) is 13.4. The largest absolute Gasteiger partial charge is 0.508 e. The summed E-state index contributed by atoms with van der Waals surface area (Å²) in [4.78, 5) is 0. The van der Waals surface area contributed by atoms with Crippen LogP contribution in [-0.4, -0.2) is 18.8 Å². The topological polar surface area (TPSA) is 41.5 Å². The van der Waals surface area contributed by atoms with Gasteiger partial charge in [-0.05, 0) is 44.5 Å². The first-order valence-electron chi connectivity index (χ1n) is 7.26. The Morgan fingerprint density at radius 2 is 1.95 bits per heavy atom. The van der Waals surface area contributed by atoms with Crippen molar-refractivity contribution in [3.8, 4) is 11.5 Å². The van der Waals surface area contributed by atoms with Crippen molar-refractivity contribution in [3.63, 3.8) is 0 Å². The maximum Gasteiger partial charge on any atom is 0.122 e. The van der Waals surface area contributed by atoms with Gasteiger partial charge in [-0.1, -0.05) is 35.9 Å². The van der Waals surface area contributed by atoms with Crippen molar-refractivity contribution in [1.82, 2.24) is 5.32 Å². The summed E-state index contributed by atoms with van der Waals surface area (Å²) < 4.78 is 5.35. The van der Waals surface area contributed by atoms with Crippen LogP contribution in [0.25, 0.3) is 0 Å². The molecular formula is C18H23NO2. The van der Waals surface area contributed by atoms with Gasteiger partial charge < -0.3 is 15.2 Å². The van der Waals surface area contributed by atoms with Gasteiger partial charge in [-0.25, -0.2) is 0 Å². The molecule has 2 aromatic carbocycles. The lowest BCUT2D eigenvalue weighted by atomic mass is 10.0. The molecule has 0 aliphatic carbocycles. The third kappa shape index (κ3) is 3.99. The molecule has 2 aromatic rings.